The number of piperazine rings is 1. The summed E-state index contributed by atoms with van der Waals surface area (Å²) in [6.45, 7) is 6.47. The molecule has 0 spiro atoms. The van der Waals surface area contributed by atoms with Gasteiger partial charge in [0.05, 0.1) is 18.1 Å². The summed E-state index contributed by atoms with van der Waals surface area (Å²) in [6, 6.07) is 20.9. The molecule has 5 N–H and O–H groups in total. The molecule has 5 aliphatic rings. The van der Waals surface area contributed by atoms with E-state index in [2.05, 4.69) is 47.9 Å². The van der Waals surface area contributed by atoms with E-state index < -0.39 is 17.9 Å². The summed E-state index contributed by atoms with van der Waals surface area (Å²) in [4.78, 5) is 81.3. The monoisotopic (exact) mass is 938 g/mol. The number of piperidine rings is 2. The van der Waals surface area contributed by atoms with Gasteiger partial charge in [-0.2, -0.15) is 0 Å². The Morgan fingerprint density at radius 1 is 0.882 bits per heavy atom. The van der Waals surface area contributed by atoms with E-state index in [1.807, 2.05) is 46.2 Å². The summed E-state index contributed by atoms with van der Waals surface area (Å²) in [7, 11) is 0. The predicted octanol–water partition coefficient (Wildman–Crippen LogP) is 4.63. The standard InChI is InChI=1S/C49H51FN12O5S/c1-49(51)13-15-60(16-14-49)42-26-53-44(27-52-42)68-33-4-2-3-32(23-33)55-45(64)36-24-35(36)30-6-9-39(37(50)22-30)59-17-19-61(20-18-59)41-11-8-38(57-58-41)46(65)54-25-29-5-7-34-31(21-29)28-62(48(34)67)40-10-12-43(63)56-47(40)66/h2-9,11,21-23,26-27,35-36,40H,10,12-20,24-25,28,51H2,1H3,(H,54,65)(H,55,64)(H,56,63,66)/t35-,36+,40?/m1/s1. The minimum absolute atomic E-state index is 0.0604. The average Bonchev–Trinajstić information content (AvgIpc) is 4.08. The topological polar surface area (TPSA) is 212 Å². The molecule has 6 heterocycles. The molecule has 1 saturated carbocycles. The quantitative estimate of drug-likeness (QED) is 0.126. The van der Waals surface area contributed by atoms with Crippen molar-refractivity contribution in [3.63, 3.8) is 0 Å². The van der Waals surface area contributed by atoms with E-state index in [-0.39, 0.29) is 72.5 Å². The van der Waals surface area contributed by atoms with Crippen LogP contribution in [0.4, 0.5) is 27.4 Å². The van der Waals surface area contributed by atoms with Gasteiger partial charge in [-0.25, -0.2) is 14.4 Å². The third-order valence-corrected chi connectivity index (χ3v) is 14.5. The lowest BCUT2D eigenvalue weighted by atomic mass is 9.91. The van der Waals surface area contributed by atoms with Crippen LogP contribution in [0.1, 0.15) is 82.5 Å². The lowest BCUT2D eigenvalue weighted by Gasteiger charge is -2.37. The van der Waals surface area contributed by atoms with E-state index in [1.54, 1.807) is 48.8 Å². The number of imide groups is 1. The molecule has 1 unspecified atom stereocenters. The number of carbonyl (C=O) groups is 5. The van der Waals surface area contributed by atoms with Gasteiger partial charge in [0.15, 0.2) is 11.5 Å². The van der Waals surface area contributed by atoms with E-state index in [4.69, 9.17) is 5.73 Å². The van der Waals surface area contributed by atoms with Crippen LogP contribution in [0.5, 0.6) is 0 Å². The van der Waals surface area contributed by atoms with Gasteiger partial charge >= 0.3 is 0 Å². The number of hydrogen-bond donors (Lipinski definition) is 4. The summed E-state index contributed by atoms with van der Waals surface area (Å²) in [5.41, 5.74) is 10.3. The molecule has 17 nitrogen and oxygen atoms in total. The Hall–Kier alpha value is -6.99. The van der Waals surface area contributed by atoms with E-state index >= 15 is 4.39 Å². The van der Waals surface area contributed by atoms with Crippen LogP contribution in [-0.2, 0) is 27.5 Å². The zero-order chi connectivity index (χ0) is 47.1. The molecule has 4 aliphatic heterocycles. The second-order valence-corrected chi connectivity index (χ2v) is 19.6. The average molecular weight is 939 g/mol. The van der Waals surface area contributed by atoms with Crippen molar-refractivity contribution in [2.45, 2.75) is 79.5 Å². The van der Waals surface area contributed by atoms with E-state index in [1.165, 1.54) is 16.7 Å². The maximum Gasteiger partial charge on any atom is 0.272 e. The number of anilines is 4. The Labute approximate surface area is 396 Å². The molecule has 4 fully saturated rings. The van der Waals surface area contributed by atoms with Crippen molar-refractivity contribution in [1.82, 2.24) is 35.7 Å². The molecule has 3 atom stereocenters. The number of rotatable bonds is 12. The van der Waals surface area contributed by atoms with Crippen molar-refractivity contribution >= 4 is 64.3 Å². The number of fused-ring (bicyclic) bond motifs is 1. The van der Waals surface area contributed by atoms with Gasteiger partial charge in [0.25, 0.3) is 11.8 Å². The molecule has 19 heteroatoms. The Morgan fingerprint density at radius 3 is 2.41 bits per heavy atom. The Bertz CT molecular complexity index is 2780. The fraction of sp³-hybridized carbons (Fsp3) is 0.367. The number of halogens is 1. The molecule has 1 aliphatic carbocycles. The predicted molar refractivity (Wildman–Crippen MR) is 253 cm³/mol. The maximum absolute atomic E-state index is 15.7. The Morgan fingerprint density at radius 2 is 1.68 bits per heavy atom. The number of nitrogens with zero attached hydrogens (tertiary/aromatic N) is 8. The largest absolute Gasteiger partial charge is 0.366 e. The van der Waals surface area contributed by atoms with Crippen molar-refractivity contribution in [3.8, 4) is 0 Å². The van der Waals surface area contributed by atoms with Crippen LogP contribution < -0.4 is 36.4 Å². The first-order valence-electron chi connectivity index (χ1n) is 23.0. The molecular formula is C49H51FN12O5S. The van der Waals surface area contributed by atoms with Gasteiger partial charge in [0.2, 0.25) is 17.7 Å². The fourth-order valence-corrected chi connectivity index (χ4v) is 10.2. The van der Waals surface area contributed by atoms with Crippen molar-refractivity contribution in [1.29, 1.82) is 0 Å². The summed E-state index contributed by atoms with van der Waals surface area (Å²) >= 11 is 1.48. The molecule has 350 valence electrons. The van der Waals surface area contributed by atoms with Crippen molar-refractivity contribution in [3.05, 3.63) is 119 Å². The van der Waals surface area contributed by atoms with Crippen LogP contribution in [-0.4, -0.2) is 105 Å². The fourth-order valence-electron chi connectivity index (χ4n) is 9.43. The van der Waals surface area contributed by atoms with Crippen LogP contribution in [0.3, 0.4) is 0 Å². The first-order valence-corrected chi connectivity index (χ1v) is 23.8. The number of benzene rings is 3. The normalized spacial score (nSPS) is 21.0. The minimum Gasteiger partial charge on any atom is -0.366 e. The smallest absolute Gasteiger partial charge is 0.272 e. The number of amides is 5. The summed E-state index contributed by atoms with van der Waals surface area (Å²) in [5.74, 6) is -0.736. The van der Waals surface area contributed by atoms with Crippen molar-refractivity contribution < 1.29 is 28.4 Å². The lowest BCUT2D eigenvalue weighted by molar-refractivity contribution is -0.137. The van der Waals surface area contributed by atoms with E-state index in [0.717, 1.165) is 58.4 Å². The molecular weight excluding hydrogens is 888 g/mol. The van der Waals surface area contributed by atoms with Crippen LogP contribution >= 0.6 is 11.8 Å². The summed E-state index contributed by atoms with van der Waals surface area (Å²) in [6.07, 6.45) is 6.50. The summed E-state index contributed by atoms with van der Waals surface area (Å²) in [5, 5.41) is 17.5. The van der Waals surface area contributed by atoms with Gasteiger partial charge in [-0.3, -0.25) is 29.3 Å². The number of hydrogen-bond acceptors (Lipinski definition) is 14. The van der Waals surface area contributed by atoms with E-state index in [0.29, 0.717) is 55.4 Å². The highest BCUT2D eigenvalue weighted by Crippen LogP contribution is 2.49. The van der Waals surface area contributed by atoms with Crippen LogP contribution in [0.25, 0.3) is 0 Å². The molecule has 5 aromatic rings. The molecule has 0 bridgehead atoms. The zero-order valence-electron chi connectivity index (χ0n) is 37.5. The molecule has 68 heavy (non-hydrogen) atoms. The highest BCUT2D eigenvalue weighted by molar-refractivity contribution is 7.99. The Kier molecular flexibility index (Phi) is 12.3. The van der Waals surface area contributed by atoms with Crippen LogP contribution in [0, 0.1) is 11.7 Å². The highest BCUT2D eigenvalue weighted by atomic mass is 32.2. The molecule has 5 amide bonds. The summed E-state index contributed by atoms with van der Waals surface area (Å²) < 4.78 is 15.7. The first kappa shape index (κ1) is 44.8. The van der Waals surface area contributed by atoms with Crippen molar-refractivity contribution in [2.75, 3.05) is 59.3 Å². The van der Waals surface area contributed by atoms with Gasteiger partial charge < -0.3 is 36.0 Å². The zero-order valence-corrected chi connectivity index (χ0v) is 38.3. The highest BCUT2D eigenvalue weighted by Gasteiger charge is 2.44. The number of nitrogens with one attached hydrogen (secondary N) is 3. The number of aromatic nitrogens is 4. The van der Waals surface area contributed by atoms with Gasteiger partial charge in [0.1, 0.15) is 22.7 Å². The lowest BCUT2D eigenvalue weighted by Crippen LogP contribution is -2.52. The number of carbonyl (C=O) groups excluding carboxylic acids is 5. The molecule has 2 aromatic heterocycles. The first-order chi connectivity index (χ1) is 32.8. The third-order valence-electron chi connectivity index (χ3n) is 13.6. The second-order valence-electron chi connectivity index (χ2n) is 18.5. The van der Waals surface area contributed by atoms with Crippen LogP contribution in [0.2, 0.25) is 0 Å². The molecule has 0 radical (unpaired) electrons. The second kappa shape index (κ2) is 18.6. The van der Waals surface area contributed by atoms with Gasteiger partial charge in [-0.05, 0) is 104 Å². The minimum atomic E-state index is -0.698. The maximum atomic E-state index is 15.7. The SMILES string of the molecule is CC1(N)CCN(c2cnc(Sc3cccc(NC(=O)[C@H]4C[C@@H]4c4ccc(N5CCN(c6ccc(C(=O)NCc7ccc8c(c7)CN(C7CCC(=O)NC7=O)C8=O)nn6)CC5)c(F)c4)c3)cn2)CC1. The molecule has 3 saturated heterocycles. The Balaban J connectivity index is 0.668. The van der Waals surface area contributed by atoms with Gasteiger partial charge in [-0.15, -0.1) is 10.2 Å². The number of nitrogens with two attached hydrogens (primary N) is 1. The van der Waals surface area contributed by atoms with Crippen LogP contribution in [0.15, 0.2) is 95.1 Å². The van der Waals surface area contributed by atoms with Gasteiger partial charge in [0, 0.05) is 86.4 Å². The molecule has 3 aromatic carbocycles. The van der Waals surface area contributed by atoms with Crippen molar-refractivity contribution in [2.24, 2.45) is 11.7 Å². The van der Waals surface area contributed by atoms with E-state index in [9.17, 15) is 24.0 Å². The van der Waals surface area contributed by atoms with Gasteiger partial charge in [-0.1, -0.05) is 36.0 Å². The third kappa shape index (κ3) is 9.71. The molecule has 10 rings (SSSR count).